The molecule has 5 atom stereocenters. The average Bonchev–Trinajstić information content (AvgIpc) is 2.92. The summed E-state index contributed by atoms with van der Waals surface area (Å²) in [6, 6.07) is 0. The Balaban J connectivity index is 1.75. The van der Waals surface area contributed by atoms with Crippen molar-refractivity contribution >= 4 is 5.71 Å². The Labute approximate surface area is 143 Å². The smallest absolute Gasteiger partial charge is 0.342 e. The van der Waals surface area contributed by atoms with Crippen molar-refractivity contribution in [3.8, 4) is 0 Å². The first kappa shape index (κ1) is 18.8. The number of nitrogens with one attached hydrogen (secondary N) is 1. The summed E-state index contributed by atoms with van der Waals surface area (Å²) in [5.74, 6) is -1.72. The monoisotopic (exact) mass is 365 g/mol. The molecule has 0 radical (unpaired) electrons. The lowest BCUT2D eigenvalue weighted by Crippen LogP contribution is -2.54. The number of alkyl halides is 3. The highest BCUT2D eigenvalue weighted by Gasteiger charge is 2.60. The van der Waals surface area contributed by atoms with E-state index in [-0.39, 0.29) is 0 Å². The van der Waals surface area contributed by atoms with Gasteiger partial charge in [-0.25, -0.2) is 0 Å². The van der Waals surface area contributed by atoms with Gasteiger partial charge in [0.15, 0.2) is 17.9 Å². The molecule has 3 heterocycles. The third kappa shape index (κ3) is 3.90. The van der Waals surface area contributed by atoms with Crippen LogP contribution in [0.4, 0.5) is 13.2 Å². The Morgan fingerprint density at radius 1 is 0.960 bits per heavy atom. The first-order chi connectivity index (χ1) is 11.4. The first-order valence-corrected chi connectivity index (χ1v) is 8.06. The minimum atomic E-state index is -4.63. The Kier molecular flexibility index (Phi) is 4.52. The van der Waals surface area contributed by atoms with Gasteiger partial charge in [-0.1, -0.05) is 12.2 Å². The zero-order chi connectivity index (χ0) is 18.6. The third-order valence-electron chi connectivity index (χ3n) is 4.18. The standard InChI is InChI=1S/C16H22F3NO5/c1-14(2)22-10-8(6-5-7-9(20)16(17,18)19)21-13-12(11(10)23-14)24-15(3,4)25-13/h5-6,8,10-13,20H,7H2,1-4H3/b6-5+,20-9?/t8-,10+,11+,12-,13-/m1/s1. The van der Waals surface area contributed by atoms with Crippen molar-refractivity contribution in [3.63, 3.8) is 0 Å². The second-order valence-electron chi connectivity index (χ2n) is 7.24. The number of fused-ring (bicyclic) bond motifs is 3. The van der Waals surface area contributed by atoms with Crippen molar-refractivity contribution in [2.75, 3.05) is 0 Å². The summed E-state index contributed by atoms with van der Waals surface area (Å²) >= 11 is 0. The molecule has 0 bridgehead atoms. The Bertz CT molecular complexity index is 575. The highest BCUT2D eigenvalue weighted by atomic mass is 19.4. The number of rotatable bonds is 3. The summed E-state index contributed by atoms with van der Waals surface area (Å²) in [6.07, 6.45) is -5.30. The molecular formula is C16H22F3NO5. The second-order valence-corrected chi connectivity index (χ2v) is 7.24. The average molecular weight is 365 g/mol. The molecule has 142 valence electrons. The van der Waals surface area contributed by atoms with Crippen LogP contribution >= 0.6 is 0 Å². The van der Waals surface area contributed by atoms with Gasteiger partial charge in [-0.3, -0.25) is 0 Å². The molecule has 0 unspecified atom stereocenters. The number of halogens is 3. The van der Waals surface area contributed by atoms with Crippen molar-refractivity contribution in [3.05, 3.63) is 12.2 Å². The van der Waals surface area contributed by atoms with Crippen LogP contribution in [0.25, 0.3) is 0 Å². The maximum atomic E-state index is 12.4. The fourth-order valence-corrected chi connectivity index (χ4v) is 3.23. The van der Waals surface area contributed by atoms with E-state index in [2.05, 4.69) is 0 Å². The molecule has 0 aromatic rings. The number of hydrogen-bond donors (Lipinski definition) is 1. The van der Waals surface area contributed by atoms with E-state index in [4.69, 9.17) is 29.1 Å². The SMILES string of the molecule is CC1(C)O[C@H]2[C@@H](O1)[C@@H](/C=C/CC(=N)C(F)(F)F)O[C@@H]1OC(C)(C)O[C@@H]12. The predicted octanol–water partition coefficient (Wildman–Crippen LogP) is 2.91. The van der Waals surface area contributed by atoms with Crippen LogP contribution in [0.1, 0.15) is 34.1 Å². The molecule has 25 heavy (non-hydrogen) atoms. The summed E-state index contributed by atoms with van der Waals surface area (Å²) in [7, 11) is 0. The summed E-state index contributed by atoms with van der Waals surface area (Å²) < 4.78 is 66.4. The van der Waals surface area contributed by atoms with Gasteiger partial charge in [-0.2, -0.15) is 13.2 Å². The molecule has 1 N–H and O–H groups in total. The zero-order valence-electron chi connectivity index (χ0n) is 14.4. The topological polar surface area (TPSA) is 70.0 Å². The van der Waals surface area contributed by atoms with Crippen LogP contribution in [0, 0.1) is 5.41 Å². The Morgan fingerprint density at radius 2 is 1.52 bits per heavy atom. The van der Waals surface area contributed by atoms with E-state index in [1.165, 1.54) is 12.2 Å². The zero-order valence-corrected chi connectivity index (χ0v) is 14.4. The fraction of sp³-hybridized carbons (Fsp3) is 0.812. The largest absolute Gasteiger partial charge is 0.429 e. The maximum Gasteiger partial charge on any atom is 0.429 e. The summed E-state index contributed by atoms with van der Waals surface area (Å²) in [4.78, 5) is 0. The van der Waals surface area contributed by atoms with Crippen LogP contribution in [0.3, 0.4) is 0 Å². The van der Waals surface area contributed by atoms with Gasteiger partial charge in [0, 0.05) is 6.42 Å². The van der Waals surface area contributed by atoms with Gasteiger partial charge in [0.1, 0.15) is 30.1 Å². The van der Waals surface area contributed by atoms with Crippen LogP contribution in [0.15, 0.2) is 12.2 Å². The normalized spacial score (nSPS) is 39.4. The van der Waals surface area contributed by atoms with Gasteiger partial charge >= 0.3 is 6.18 Å². The van der Waals surface area contributed by atoms with Gasteiger partial charge in [-0.15, -0.1) is 0 Å². The predicted molar refractivity (Wildman–Crippen MR) is 80.1 cm³/mol. The molecule has 0 aliphatic carbocycles. The van der Waals surface area contributed by atoms with Gasteiger partial charge in [0.25, 0.3) is 0 Å². The second kappa shape index (κ2) is 6.02. The molecule has 0 aromatic heterocycles. The molecule has 6 nitrogen and oxygen atoms in total. The minimum absolute atomic E-state index is 0.466. The Morgan fingerprint density at radius 3 is 2.16 bits per heavy atom. The Hall–Kier alpha value is -1.00. The third-order valence-corrected chi connectivity index (χ3v) is 4.18. The summed E-state index contributed by atoms with van der Waals surface area (Å²) in [5.41, 5.74) is -1.32. The highest BCUT2D eigenvalue weighted by molar-refractivity contribution is 5.87. The van der Waals surface area contributed by atoms with Gasteiger partial charge < -0.3 is 29.1 Å². The van der Waals surface area contributed by atoms with E-state index in [1.54, 1.807) is 27.7 Å². The van der Waals surface area contributed by atoms with Crippen LogP contribution < -0.4 is 0 Å². The summed E-state index contributed by atoms with van der Waals surface area (Å²) in [6.45, 7) is 7.00. The van der Waals surface area contributed by atoms with E-state index in [0.717, 1.165) is 0 Å². The molecular weight excluding hydrogens is 343 g/mol. The maximum absolute atomic E-state index is 12.4. The van der Waals surface area contributed by atoms with E-state index in [9.17, 15) is 13.2 Å². The van der Waals surface area contributed by atoms with Crippen molar-refractivity contribution in [1.29, 1.82) is 5.41 Å². The van der Waals surface area contributed by atoms with Crippen LogP contribution in [-0.2, 0) is 23.7 Å². The molecule has 3 rings (SSSR count). The van der Waals surface area contributed by atoms with Crippen molar-refractivity contribution in [2.24, 2.45) is 0 Å². The highest BCUT2D eigenvalue weighted by Crippen LogP contribution is 2.44. The van der Waals surface area contributed by atoms with Crippen LogP contribution in [0.2, 0.25) is 0 Å². The first-order valence-electron chi connectivity index (χ1n) is 8.06. The van der Waals surface area contributed by atoms with Crippen LogP contribution in [-0.4, -0.2) is 54.2 Å². The lowest BCUT2D eigenvalue weighted by Gasteiger charge is -2.36. The van der Waals surface area contributed by atoms with E-state index in [1.807, 2.05) is 0 Å². The van der Waals surface area contributed by atoms with Crippen molar-refractivity contribution in [2.45, 2.75) is 82.6 Å². The van der Waals surface area contributed by atoms with E-state index in [0.29, 0.717) is 0 Å². The minimum Gasteiger partial charge on any atom is -0.342 e. The molecule has 0 aromatic carbocycles. The lowest BCUT2D eigenvalue weighted by molar-refractivity contribution is -0.222. The molecule has 3 aliphatic heterocycles. The summed E-state index contributed by atoms with van der Waals surface area (Å²) in [5, 5.41) is 7.02. The van der Waals surface area contributed by atoms with Crippen molar-refractivity contribution in [1.82, 2.24) is 0 Å². The fourth-order valence-electron chi connectivity index (χ4n) is 3.23. The number of allylic oxidation sites excluding steroid dienone is 1. The molecule has 3 aliphatic rings. The lowest BCUT2D eigenvalue weighted by atomic mass is 9.98. The van der Waals surface area contributed by atoms with Crippen molar-refractivity contribution < 1.29 is 36.9 Å². The molecule has 3 saturated heterocycles. The molecule has 3 fully saturated rings. The van der Waals surface area contributed by atoms with Gasteiger partial charge in [0.2, 0.25) is 0 Å². The van der Waals surface area contributed by atoms with E-state index >= 15 is 0 Å². The molecule has 0 amide bonds. The number of ether oxygens (including phenoxy) is 5. The molecule has 0 spiro atoms. The molecule has 9 heteroatoms. The number of hydrogen-bond acceptors (Lipinski definition) is 6. The van der Waals surface area contributed by atoms with Gasteiger partial charge in [-0.05, 0) is 27.7 Å². The quantitative estimate of drug-likeness (QED) is 0.615. The van der Waals surface area contributed by atoms with Crippen LogP contribution in [0.5, 0.6) is 0 Å². The van der Waals surface area contributed by atoms with Gasteiger partial charge in [0.05, 0.1) is 0 Å². The molecule has 0 saturated carbocycles. The van der Waals surface area contributed by atoms with E-state index < -0.39 is 60.6 Å².